The molecule has 0 saturated carbocycles. The standard InChI is InChI=1S/C22H39N5O3/c1-7-17(8-2)19-12-18(30-26-19)14-25-20(23-6)24-13-16-10-9-11-27(15-16)21(28)29-22(3,4)5/h12,16-17H,7-11,13-15H2,1-6H3,(H2,23,24,25). The van der Waals surface area contributed by atoms with E-state index in [1.807, 2.05) is 31.7 Å². The second kappa shape index (κ2) is 11.2. The number of aromatic nitrogens is 1. The molecule has 30 heavy (non-hydrogen) atoms. The van der Waals surface area contributed by atoms with Gasteiger partial charge in [-0.05, 0) is 52.4 Å². The summed E-state index contributed by atoms with van der Waals surface area (Å²) in [5.74, 6) is 2.31. The zero-order chi connectivity index (χ0) is 22.1. The molecule has 1 aliphatic heterocycles. The molecule has 1 saturated heterocycles. The fourth-order valence-electron chi connectivity index (χ4n) is 3.67. The van der Waals surface area contributed by atoms with E-state index in [1.54, 1.807) is 7.05 Å². The molecule has 8 nitrogen and oxygen atoms in total. The topological polar surface area (TPSA) is 92.0 Å². The van der Waals surface area contributed by atoms with E-state index < -0.39 is 5.60 Å². The number of likely N-dealkylation sites (tertiary alicyclic amines) is 1. The van der Waals surface area contributed by atoms with Crippen molar-refractivity contribution in [3.63, 3.8) is 0 Å². The van der Waals surface area contributed by atoms with Gasteiger partial charge in [0.25, 0.3) is 0 Å². The van der Waals surface area contributed by atoms with Gasteiger partial charge in [0.1, 0.15) is 5.60 Å². The molecule has 0 aromatic carbocycles. The molecular formula is C22H39N5O3. The van der Waals surface area contributed by atoms with Crippen molar-refractivity contribution in [1.82, 2.24) is 20.7 Å². The van der Waals surface area contributed by atoms with Gasteiger partial charge in [0.15, 0.2) is 11.7 Å². The van der Waals surface area contributed by atoms with Gasteiger partial charge in [-0.1, -0.05) is 19.0 Å². The van der Waals surface area contributed by atoms with Crippen LogP contribution in [0.3, 0.4) is 0 Å². The van der Waals surface area contributed by atoms with E-state index in [1.165, 1.54) is 0 Å². The highest BCUT2D eigenvalue weighted by molar-refractivity contribution is 5.79. The minimum atomic E-state index is -0.469. The molecular weight excluding hydrogens is 382 g/mol. The van der Waals surface area contributed by atoms with Crippen LogP contribution in [-0.4, -0.2) is 54.4 Å². The molecule has 1 aromatic heterocycles. The summed E-state index contributed by atoms with van der Waals surface area (Å²) in [6.07, 6.45) is 3.94. The van der Waals surface area contributed by atoms with Gasteiger partial charge >= 0.3 is 6.09 Å². The summed E-state index contributed by atoms with van der Waals surface area (Å²) in [6, 6.07) is 2.03. The largest absolute Gasteiger partial charge is 0.444 e. The van der Waals surface area contributed by atoms with E-state index in [0.717, 1.165) is 50.2 Å². The predicted octanol–water partition coefficient (Wildman–Crippen LogP) is 3.89. The summed E-state index contributed by atoms with van der Waals surface area (Å²) in [4.78, 5) is 18.4. The molecule has 2 N–H and O–H groups in total. The van der Waals surface area contributed by atoms with Gasteiger partial charge in [-0.15, -0.1) is 0 Å². The van der Waals surface area contributed by atoms with Crippen molar-refractivity contribution < 1.29 is 14.1 Å². The number of piperidine rings is 1. The minimum absolute atomic E-state index is 0.228. The maximum absolute atomic E-state index is 12.3. The molecule has 1 atom stereocenters. The fraction of sp³-hybridized carbons (Fsp3) is 0.773. The van der Waals surface area contributed by atoms with Gasteiger partial charge in [-0.2, -0.15) is 0 Å². The van der Waals surface area contributed by atoms with Crippen LogP contribution < -0.4 is 10.6 Å². The Hall–Kier alpha value is -2.25. The van der Waals surface area contributed by atoms with Gasteiger partial charge in [-0.25, -0.2) is 4.79 Å². The first kappa shape index (κ1) is 24.0. The smallest absolute Gasteiger partial charge is 0.410 e. The van der Waals surface area contributed by atoms with Crippen LogP contribution >= 0.6 is 0 Å². The number of carbonyl (C=O) groups is 1. The highest BCUT2D eigenvalue weighted by Gasteiger charge is 2.27. The molecule has 1 unspecified atom stereocenters. The summed E-state index contributed by atoms with van der Waals surface area (Å²) >= 11 is 0. The number of amides is 1. The number of hydrogen-bond donors (Lipinski definition) is 2. The third kappa shape index (κ3) is 7.54. The molecule has 0 spiro atoms. The highest BCUT2D eigenvalue weighted by Crippen LogP contribution is 2.22. The summed E-state index contributed by atoms with van der Waals surface area (Å²) in [5.41, 5.74) is 0.549. The summed E-state index contributed by atoms with van der Waals surface area (Å²) in [7, 11) is 1.75. The second-order valence-corrected chi connectivity index (χ2v) is 8.97. The number of ether oxygens (including phenoxy) is 1. The van der Waals surface area contributed by atoms with Crippen LogP contribution in [0.5, 0.6) is 0 Å². The zero-order valence-corrected chi connectivity index (χ0v) is 19.5. The number of rotatable bonds is 7. The average molecular weight is 422 g/mol. The molecule has 2 heterocycles. The van der Waals surface area contributed by atoms with Crippen molar-refractivity contribution in [2.24, 2.45) is 10.9 Å². The van der Waals surface area contributed by atoms with Crippen molar-refractivity contribution >= 4 is 12.1 Å². The third-order valence-corrected chi connectivity index (χ3v) is 5.36. The lowest BCUT2D eigenvalue weighted by Gasteiger charge is -2.34. The number of nitrogens with one attached hydrogen (secondary N) is 2. The van der Waals surface area contributed by atoms with Crippen LogP contribution in [0.4, 0.5) is 4.79 Å². The predicted molar refractivity (Wildman–Crippen MR) is 119 cm³/mol. The van der Waals surface area contributed by atoms with Gasteiger partial charge in [-0.3, -0.25) is 4.99 Å². The monoisotopic (exact) mass is 421 g/mol. The van der Waals surface area contributed by atoms with Crippen molar-refractivity contribution in [1.29, 1.82) is 0 Å². The number of carbonyl (C=O) groups excluding carboxylic acids is 1. The maximum Gasteiger partial charge on any atom is 0.410 e. The van der Waals surface area contributed by atoms with Gasteiger partial charge in [0.05, 0.1) is 12.2 Å². The first-order valence-electron chi connectivity index (χ1n) is 11.1. The Bertz CT molecular complexity index is 691. The molecule has 170 valence electrons. The molecule has 0 aliphatic carbocycles. The highest BCUT2D eigenvalue weighted by atomic mass is 16.6. The Labute approximate surface area is 180 Å². The maximum atomic E-state index is 12.3. The number of nitrogens with zero attached hydrogens (tertiary/aromatic N) is 3. The SMILES string of the molecule is CCC(CC)c1cc(CNC(=NC)NCC2CCCN(C(=O)OC(C)(C)C)C2)on1. The molecule has 1 amide bonds. The molecule has 8 heteroatoms. The normalized spacial score (nSPS) is 17.9. The van der Waals surface area contributed by atoms with Crippen molar-refractivity contribution in [3.05, 3.63) is 17.5 Å². The Kier molecular flexibility index (Phi) is 8.99. The van der Waals surface area contributed by atoms with Gasteiger partial charge < -0.3 is 24.8 Å². The molecule has 1 aromatic rings. The van der Waals surface area contributed by atoms with Crippen LogP contribution in [0.15, 0.2) is 15.6 Å². The minimum Gasteiger partial charge on any atom is -0.444 e. The summed E-state index contributed by atoms with van der Waals surface area (Å²) < 4.78 is 11.0. The van der Waals surface area contributed by atoms with Crippen LogP contribution in [0.1, 0.15) is 77.7 Å². The van der Waals surface area contributed by atoms with E-state index >= 15 is 0 Å². The second-order valence-electron chi connectivity index (χ2n) is 8.97. The van der Waals surface area contributed by atoms with Crippen LogP contribution in [-0.2, 0) is 11.3 Å². The molecule has 0 radical (unpaired) electrons. The molecule has 1 aliphatic rings. The van der Waals surface area contributed by atoms with E-state index in [4.69, 9.17) is 9.26 Å². The number of aliphatic imine (C=N–C) groups is 1. The summed E-state index contributed by atoms with van der Waals surface area (Å²) in [6.45, 7) is 12.7. The van der Waals surface area contributed by atoms with E-state index in [0.29, 0.717) is 30.9 Å². The Morgan fingerprint density at radius 3 is 2.73 bits per heavy atom. The van der Waals surface area contributed by atoms with Crippen LogP contribution in [0, 0.1) is 5.92 Å². The van der Waals surface area contributed by atoms with Crippen molar-refractivity contribution in [2.45, 2.75) is 78.4 Å². The first-order chi connectivity index (χ1) is 14.3. The first-order valence-corrected chi connectivity index (χ1v) is 11.1. The lowest BCUT2D eigenvalue weighted by Crippen LogP contribution is -2.47. The van der Waals surface area contributed by atoms with Gasteiger partial charge in [0, 0.05) is 38.7 Å². The zero-order valence-electron chi connectivity index (χ0n) is 19.5. The third-order valence-electron chi connectivity index (χ3n) is 5.36. The lowest BCUT2D eigenvalue weighted by atomic mass is 9.98. The molecule has 0 bridgehead atoms. The quantitative estimate of drug-likeness (QED) is 0.513. The molecule has 2 rings (SSSR count). The van der Waals surface area contributed by atoms with Crippen LogP contribution in [0.2, 0.25) is 0 Å². The molecule has 1 fully saturated rings. The van der Waals surface area contributed by atoms with E-state index in [9.17, 15) is 4.79 Å². The van der Waals surface area contributed by atoms with Crippen LogP contribution in [0.25, 0.3) is 0 Å². The van der Waals surface area contributed by atoms with E-state index in [-0.39, 0.29) is 6.09 Å². The summed E-state index contributed by atoms with van der Waals surface area (Å²) in [5, 5.41) is 10.9. The van der Waals surface area contributed by atoms with Gasteiger partial charge in [0.2, 0.25) is 0 Å². The number of guanidine groups is 1. The Morgan fingerprint density at radius 1 is 1.37 bits per heavy atom. The van der Waals surface area contributed by atoms with E-state index in [2.05, 4.69) is 34.6 Å². The Balaban J connectivity index is 1.79. The number of hydrogen-bond acceptors (Lipinski definition) is 5. The van der Waals surface area contributed by atoms with Crippen molar-refractivity contribution in [2.75, 3.05) is 26.7 Å². The lowest BCUT2D eigenvalue weighted by molar-refractivity contribution is 0.0168. The fourth-order valence-corrected chi connectivity index (χ4v) is 3.67. The van der Waals surface area contributed by atoms with Crippen molar-refractivity contribution in [3.8, 4) is 0 Å². The average Bonchev–Trinajstić information content (AvgIpc) is 3.17. The Morgan fingerprint density at radius 2 is 2.10 bits per heavy atom.